The number of aryl methyl sites for hydroxylation is 1. The van der Waals surface area contributed by atoms with Gasteiger partial charge in [0.1, 0.15) is 16.5 Å². The lowest BCUT2D eigenvalue weighted by Gasteiger charge is -2.13. The van der Waals surface area contributed by atoms with E-state index in [0.717, 1.165) is 6.07 Å². The number of ether oxygens (including phenoxy) is 1. The first-order valence-electron chi connectivity index (χ1n) is 11.7. The molecule has 2 aromatic carbocycles. The average Bonchev–Trinajstić information content (AvgIpc) is 3.27. The zero-order chi connectivity index (χ0) is 29.0. The topological polar surface area (TPSA) is 165 Å². The molecule has 0 saturated heterocycles. The number of hydrogen-bond donors (Lipinski definition) is 3. The minimum Gasteiger partial charge on any atom is -0.482 e. The molecule has 0 unspecified atom stereocenters. The predicted molar refractivity (Wildman–Crippen MR) is 146 cm³/mol. The maximum Gasteiger partial charge on any atom is 0.305 e. The Morgan fingerprint density at radius 3 is 2.55 bits per heavy atom. The number of carbonyl (C=O) groups is 3. The lowest BCUT2D eigenvalue weighted by Crippen LogP contribution is -2.43. The molecule has 208 valence electrons. The van der Waals surface area contributed by atoms with E-state index in [4.69, 9.17) is 44.0 Å². The second-order valence-corrected chi connectivity index (χ2v) is 9.75. The number of rotatable bonds is 7. The van der Waals surface area contributed by atoms with E-state index >= 15 is 0 Å². The van der Waals surface area contributed by atoms with Crippen molar-refractivity contribution in [1.82, 2.24) is 16.3 Å². The third-order valence-electron chi connectivity index (χ3n) is 5.80. The summed E-state index contributed by atoms with van der Waals surface area (Å²) in [5, 5.41) is 15.8. The standard InChI is InChI=1S/C25H20Cl3N5O7/c1-12-22-17(29-31-24(35)13-5-7-15(27)18(9-13)33(37)38)3-2-4-20(22)40-23(12)25(36)32-30-21(34)11-39-19-8-6-14(26)10-16(19)28/h5-10H,2-4,11H2,1H3,(H,30,34)(H,31,35)(H,32,36)/b29-17+. The highest BCUT2D eigenvalue weighted by atomic mass is 35.5. The van der Waals surface area contributed by atoms with Gasteiger partial charge in [-0.1, -0.05) is 34.8 Å². The number of nitro benzene ring substituents is 1. The van der Waals surface area contributed by atoms with Gasteiger partial charge in [0.2, 0.25) is 0 Å². The molecule has 0 aliphatic heterocycles. The number of hydrazone groups is 1. The van der Waals surface area contributed by atoms with Crippen molar-refractivity contribution in [3.8, 4) is 5.75 Å². The second kappa shape index (κ2) is 12.4. The summed E-state index contributed by atoms with van der Waals surface area (Å²) in [6, 6.07) is 8.17. The van der Waals surface area contributed by atoms with Crippen LogP contribution in [0.3, 0.4) is 0 Å². The van der Waals surface area contributed by atoms with Crippen LogP contribution in [0.1, 0.15) is 50.6 Å². The molecule has 1 heterocycles. The molecule has 1 aromatic heterocycles. The van der Waals surface area contributed by atoms with Gasteiger partial charge in [-0.2, -0.15) is 5.10 Å². The molecule has 0 atom stereocenters. The number of fused-ring (bicyclic) bond motifs is 1. The molecular formula is C25H20Cl3N5O7. The van der Waals surface area contributed by atoms with E-state index in [9.17, 15) is 24.5 Å². The predicted octanol–water partition coefficient (Wildman–Crippen LogP) is 4.77. The largest absolute Gasteiger partial charge is 0.482 e. The Balaban J connectivity index is 1.41. The van der Waals surface area contributed by atoms with Crippen LogP contribution in [0.4, 0.5) is 5.69 Å². The number of furan rings is 1. The quantitative estimate of drug-likeness (QED) is 0.257. The van der Waals surface area contributed by atoms with Gasteiger partial charge in [0.15, 0.2) is 12.4 Å². The van der Waals surface area contributed by atoms with E-state index < -0.39 is 34.9 Å². The molecule has 1 aliphatic carbocycles. The summed E-state index contributed by atoms with van der Waals surface area (Å²) in [7, 11) is 0. The fourth-order valence-corrected chi connectivity index (χ4v) is 4.58. The molecule has 4 rings (SSSR count). The zero-order valence-electron chi connectivity index (χ0n) is 20.7. The van der Waals surface area contributed by atoms with Gasteiger partial charge in [-0.15, -0.1) is 0 Å². The van der Waals surface area contributed by atoms with Crippen LogP contribution < -0.4 is 21.0 Å². The van der Waals surface area contributed by atoms with E-state index in [1.165, 1.54) is 24.3 Å². The molecule has 1 aliphatic rings. The summed E-state index contributed by atoms with van der Waals surface area (Å²) in [4.78, 5) is 47.9. The van der Waals surface area contributed by atoms with Crippen molar-refractivity contribution in [3.63, 3.8) is 0 Å². The zero-order valence-corrected chi connectivity index (χ0v) is 22.9. The van der Waals surface area contributed by atoms with Gasteiger partial charge in [0, 0.05) is 34.2 Å². The van der Waals surface area contributed by atoms with Crippen molar-refractivity contribution in [3.05, 3.63) is 89.8 Å². The summed E-state index contributed by atoms with van der Waals surface area (Å²) in [5.41, 5.74) is 7.98. The first-order valence-corrected chi connectivity index (χ1v) is 12.8. The van der Waals surface area contributed by atoms with Crippen molar-refractivity contribution in [2.45, 2.75) is 26.2 Å². The molecule has 3 amide bonds. The average molecular weight is 609 g/mol. The molecular weight excluding hydrogens is 589 g/mol. The number of nitrogens with one attached hydrogen (secondary N) is 3. The summed E-state index contributed by atoms with van der Waals surface area (Å²) in [6.45, 7) is 1.22. The van der Waals surface area contributed by atoms with Crippen LogP contribution in [-0.2, 0) is 11.2 Å². The summed E-state index contributed by atoms with van der Waals surface area (Å²) in [6.07, 6.45) is 1.65. The molecule has 3 aromatic rings. The Morgan fingerprint density at radius 1 is 1.05 bits per heavy atom. The minimum atomic E-state index is -0.707. The van der Waals surface area contributed by atoms with Gasteiger partial charge in [0.25, 0.3) is 17.5 Å². The molecule has 0 fully saturated rings. The van der Waals surface area contributed by atoms with Gasteiger partial charge < -0.3 is 9.15 Å². The molecule has 3 N–H and O–H groups in total. The Morgan fingerprint density at radius 2 is 1.82 bits per heavy atom. The molecule has 15 heteroatoms. The van der Waals surface area contributed by atoms with Crippen molar-refractivity contribution in [2.24, 2.45) is 5.10 Å². The molecule has 0 bridgehead atoms. The summed E-state index contributed by atoms with van der Waals surface area (Å²) >= 11 is 17.6. The van der Waals surface area contributed by atoms with Gasteiger partial charge in [-0.05, 0) is 50.1 Å². The third kappa shape index (κ3) is 6.53. The van der Waals surface area contributed by atoms with Crippen LogP contribution >= 0.6 is 34.8 Å². The van der Waals surface area contributed by atoms with E-state index in [1.807, 2.05) is 0 Å². The first kappa shape index (κ1) is 28.9. The van der Waals surface area contributed by atoms with Crippen LogP contribution in [0.5, 0.6) is 5.75 Å². The third-order valence-corrected chi connectivity index (χ3v) is 6.65. The molecule has 40 heavy (non-hydrogen) atoms. The van der Waals surface area contributed by atoms with Crippen LogP contribution in [0.15, 0.2) is 45.9 Å². The smallest absolute Gasteiger partial charge is 0.305 e. The second-order valence-electron chi connectivity index (χ2n) is 8.50. The summed E-state index contributed by atoms with van der Waals surface area (Å²) in [5.74, 6) is -1.33. The number of amides is 3. The maximum atomic E-state index is 12.8. The van der Waals surface area contributed by atoms with Gasteiger partial charge in [-0.25, -0.2) is 5.43 Å². The highest BCUT2D eigenvalue weighted by Gasteiger charge is 2.28. The van der Waals surface area contributed by atoms with Crippen molar-refractivity contribution in [2.75, 3.05) is 6.61 Å². The molecule has 0 spiro atoms. The maximum absolute atomic E-state index is 12.8. The number of benzene rings is 2. The van der Waals surface area contributed by atoms with Crippen LogP contribution in [-0.4, -0.2) is 35.0 Å². The number of hydrazine groups is 1. The fraction of sp³-hybridized carbons (Fsp3) is 0.200. The SMILES string of the molecule is Cc1c(C(=O)NNC(=O)COc2ccc(Cl)cc2Cl)oc2c1/C(=N/NC(=O)c1ccc(Cl)c([N+](=O)[O-])c1)CCC2. The monoisotopic (exact) mass is 607 g/mol. The normalized spacial score (nSPS) is 13.3. The number of halogens is 3. The minimum absolute atomic E-state index is 0.00137. The molecule has 12 nitrogen and oxygen atoms in total. The van der Waals surface area contributed by atoms with Crippen molar-refractivity contribution < 1.29 is 28.5 Å². The number of hydrogen-bond acceptors (Lipinski definition) is 8. The van der Waals surface area contributed by atoms with Gasteiger partial charge >= 0.3 is 5.91 Å². The lowest BCUT2D eigenvalue weighted by molar-refractivity contribution is -0.384. The number of nitrogens with zero attached hydrogens (tertiary/aromatic N) is 2. The Labute approximate surface area is 241 Å². The van der Waals surface area contributed by atoms with E-state index in [2.05, 4.69) is 21.4 Å². The highest BCUT2D eigenvalue weighted by molar-refractivity contribution is 6.35. The van der Waals surface area contributed by atoms with Crippen molar-refractivity contribution in [1.29, 1.82) is 0 Å². The van der Waals surface area contributed by atoms with Crippen LogP contribution in [0.2, 0.25) is 15.1 Å². The van der Waals surface area contributed by atoms with Crippen molar-refractivity contribution >= 4 is 63.9 Å². The Hall–Kier alpha value is -4.13. The Bertz CT molecular complexity index is 1550. The van der Waals surface area contributed by atoms with Gasteiger partial charge in [-0.3, -0.25) is 35.3 Å². The Kier molecular flexibility index (Phi) is 8.93. The van der Waals surface area contributed by atoms with E-state index in [0.29, 0.717) is 46.9 Å². The molecule has 0 radical (unpaired) electrons. The van der Waals surface area contributed by atoms with Crippen LogP contribution in [0.25, 0.3) is 0 Å². The highest BCUT2D eigenvalue weighted by Crippen LogP contribution is 2.30. The van der Waals surface area contributed by atoms with Crippen LogP contribution in [0, 0.1) is 17.0 Å². The lowest BCUT2D eigenvalue weighted by atomic mass is 9.93. The van der Waals surface area contributed by atoms with Gasteiger partial charge in [0.05, 0.1) is 15.7 Å². The fourth-order valence-electron chi connectivity index (χ4n) is 3.93. The number of nitro groups is 1. The van der Waals surface area contributed by atoms with E-state index in [1.54, 1.807) is 13.0 Å². The summed E-state index contributed by atoms with van der Waals surface area (Å²) < 4.78 is 11.1. The van der Waals surface area contributed by atoms with E-state index in [-0.39, 0.29) is 27.1 Å². The first-order chi connectivity index (χ1) is 19.0. The molecule has 0 saturated carbocycles. The number of carbonyl (C=O) groups excluding carboxylic acids is 3.